The second kappa shape index (κ2) is 18.6. The molecule has 0 aliphatic carbocycles. The van der Waals surface area contributed by atoms with E-state index in [-0.39, 0.29) is 5.56 Å². The predicted octanol–water partition coefficient (Wildman–Crippen LogP) is 8.62. The smallest absolute Gasteiger partial charge is 0.303 e. The van der Waals surface area contributed by atoms with Gasteiger partial charge in [0.05, 0.1) is 5.69 Å². The van der Waals surface area contributed by atoms with Gasteiger partial charge in [0.1, 0.15) is 0 Å². The highest BCUT2D eigenvalue weighted by molar-refractivity contribution is 5.66. The van der Waals surface area contributed by atoms with Crippen LogP contribution in [0.25, 0.3) is 5.69 Å². The van der Waals surface area contributed by atoms with E-state index in [1.54, 1.807) is 10.6 Å². The number of carboxylic acid groups (broad SMARTS) is 1. The number of allylic oxidation sites excluding steroid dienone is 2. The second-order valence-electron chi connectivity index (χ2n) is 10.4. The third kappa shape index (κ3) is 12.0. The van der Waals surface area contributed by atoms with E-state index in [9.17, 15) is 9.59 Å². The van der Waals surface area contributed by atoms with Crippen molar-refractivity contribution >= 4 is 17.6 Å². The van der Waals surface area contributed by atoms with Crippen molar-refractivity contribution in [1.29, 1.82) is 0 Å². The van der Waals surface area contributed by atoms with Gasteiger partial charge in [-0.1, -0.05) is 93.5 Å². The number of benzene rings is 2. The predicted molar refractivity (Wildman–Crippen MR) is 165 cm³/mol. The third-order valence-corrected chi connectivity index (χ3v) is 7.00. The van der Waals surface area contributed by atoms with E-state index >= 15 is 0 Å². The molecule has 0 unspecified atom stereocenters. The lowest BCUT2D eigenvalue weighted by atomic mass is 10.1. The standard InChI is InChI=1S/C34H45N3O3/c38-32-28-30(36-34(35-29-22-17-14-18-23-29)37(32)31-25-19-15-20-26-31)24-16-12-10-8-6-4-2-1-3-5-7-9-11-13-21-27-33(39)40/h1,3,14-15,17-20,22-23,25-26,28H,2,4-13,16,21,24,27H2,(H,35,36)(H,39,40)/b3-1-. The summed E-state index contributed by atoms with van der Waals surface area (Å²) in [6.45, 7) is 0. The lowest BCUT2D eigenvalue weighted by Gasteiger charge is -2.15. The molecule has 0 fully saturated rings. The Morgan fingerprint density at radius 2 is 1.30 bits per heavy atom. The average Bonchev–Trinajstić information content (AvgIpc) is 2.95. The number of aryl methyl sites for hydroxylation is 1. The molecule has 3 rings (SSSR count). The number of aromatic nitrogens is 2. The van der Waals surface area contributed by atoms with Gasteiger partial charge in [-0.25, -0.2) is 9.55 Å². The van der Waals surface area contributed by atoms with Gasteiger partial charge >= 0.3 is 5.97 Å². The first-order chi connectivity index (χ1) is 19.6. The molecule has 3 aromatic rings. The van der Waals surface area contributed by atoms with Crippen LogP contribution in [0.15, 0.2) is 83.7 Å². The number of aliphatic carboxylic acids is 1. The van der Waals surface area contributed by atoms with Crippen molar-refractivity contribution in [2.24, 2.45) is 0 Å². The number of para-hydroxylation sites is 2. The Morgan fingerprint density at radius 1 is 0.750 bits per heavy atom. The molecular formula is C34H45N3O3. The number of carbonyl (C=O) groups is 1. The molecular weight excluding hydrogens is 498 g/mol. The maximum Gasteiger partial charge on any atom is 0.303 e. The molecule has 0 atom stereocenters. The summed E-state index contributed by atoms with van der Waals surface area (Å²) in [4.78, 5) is 28.4. The summed E-state index contributed by atoms with van der Waals surface area (Å²) in [7, 11) is 0. The fraction of sp³-hybridized carbons (Fsp3) is 0.441. The summed E-state index contributed by atoms with van der Waals surface area (Å²) in [5, 5.41) is 12.0. The molecule has 0 spiro atoms. The summed E-state index contributed by atoms with van der Waals surface area (Å²) in [5.74, 6) is -0.141. The molecule has 40 heavy (non-hydrogen) atoms. The molecule has 0 bridgehead atoms. The Bertz CT molecular complexity index is 1210. The zero-order chi connectivity index (χ0) is 28.3. The Morgan fingerprint density at radius 3 is 1.93 bits per heavy atom. The maximum atomic E-state index is 13.1. The Hall–Kier alpha value is -3.67. The van der Waals surface area contributed by atoms with E-state index in [1.807, 2.05) is 60.7 Å². The van der Waals surface area contributed by atoms with E-state index in [0.717, 1.165) is 68.4 Å². The molecule has 2 aromatic carbocycles. The van der Waals surface area contributed by atoms with Crippen LogP contribution < -0.4 is 10.9 Å². The molecule has 0 saturated heterocycles. The quantitative estimate of drug-likeness (QED) is 0.110. The van der Waals surface area contributed by atoms with Gasteiger partial charge in [-0.05, 0) is 69.2 Å². The van der Waals surface area contributed by atoms with Crippen LogP contribution in [-0.4, -0.2) is 20.6 Å². The van der Waals surface area contributed by atoms with E-state index in [4.69, 9.17) is 10.1 Å². The number of hydrogen-bond acceptors (Lipinski definition) is 4. The van der Waals surface area contributed by atoms with Crippen molar-refractivity contribution in [2.75, 3.05) is 5.32 Å². The SMILES string of the molecule is O=C(O)CCCCCCC/C=C\CCCCCCCCc1cc(=O)n(-c2ccccc2)c(Nc2ccccc2)n1. The van der Waals surface area contributed by atoms with Crippen LogP contribution in [-0.2, 0) is 11.2 Å². The number of nitrogens with one attached hydrogen (secondary N) is 1. The molecule has 6 heteroatoms. The average molecular weight is 544 g/mol. The molecule has 0 radical (unpaired) electrons. The molecule has 6 nitrogen and oxygen atoms in total. The Labute approximate surface area is 239 Å². The first kappa shape index (κ1) is 30.9. The minimum Gasteiger partial charge on any atom is -0.481 e. The number of unbranched alkanes of at least 4 members (excludes halogenated alkanes) is 11. The summed E-state index contributed by atoms with van der Waals surface area (Å²) in [6.07, 6.45) is 20.5. The van der Waals surface area contributed by atoms with Crippen molar-refractivity contribution in [2.45, 2.75) is 96.3 Å². The molecule has 0 amide bonds. The Kier molecular flexibility index (Phi) is 14.3. The fourth-order valence-electron chi connectivity index (χ4n) is 4.80. The zero-order valence-corrected chi connectivity index (χ0v) is 23.8. The summed E-state index contributed by atoms with van der Waals surface area (Å²) in [5.41, 5.74) is 2.46. The molecule has 214 valence electrons. The van der Waals surface area contributed by atoms with Gasteiger partial charge in [0.2, 0.25) is 5.95 Å². The van der Waals surface area contributed by atoms with E-state index in [0.29, 0.717) is 12.4 Å². The molecule has 0 aliphatic heterocycles. The van der Waals surface area contributed by atoms with E-state index < -0.39 is 5.97 Å². The highest BCUT2D eigenvalue weighted by Crippen LogP contribution is 2.18. The first-order valence-corrected chi connectivity index (χ1v) is 15.0. The van der Waals surface area contributed by atoms with E-state index in [2.05, 4.69) is 17.5 Å². The number of anilines is 2. The van der Waals surface area contributed by atoms with Crippen LogP contribution >= 0.6 is 0 Å². The monoisotopic (exact) mass is 543 g/mol. The summed E-state index contributed by atoms with van der Waals surface area (Å²) in [6, 6.07) is 21.1. The van der Waals surface area contributed by atoms with Crippen LogP contribution in [0.5, 0.6) is 0 Å². The molecule has 0 aliphatic rings. The minimum atomic E-state index is -0.686. The normalized spacial score (nSPS) is 11.2. The first-order valence-electron chi connectivity index (χ1n) is 15.0. The van der Waals surface area contributed by atoms with Crippen molar-refractivity contribution in [3.05, 3.63) is 94.9 Å². The van der Waals surface area contributed by atoms with Gasteiger partial charge in [-0.2, -0.15) is 0 Å². The van der Waals surface area contributed by atoms with Crippen molar-refractivity contribution in [3.8, 4) is 5.69 Å². The minimum absolute atomic E-state index is 0.0709. The van der Waals surface area contributed by atoms with Gasteiger partial charge in [0.25, 0.3) is 5.56 Å². The summed E-state index contributed by atoms with van der Waals surface area (Å²) >= 11 is 0. The van der Waals surface area contributed by atoms with Gasteiger partial charge < -0.3 is 10.4 Å². The third-order valence-electron chi connectivity index (χ3n) is 7.00. The van der Waals surface area contributed by atoms with Crippen molar-refractivity contribution in [3.63, 3.8) is 0 Å². The lowest BCUT2D eigenvalue weighted by Crippen LogP contribution is -2.23. The van der Waals surface area contributed by atoms with Crippen LogP contribution in [0.2, 0.25) is 0 Å². The maximum absolute atomic E-state index is 13.1. The highest BCUT2D eigenvalue weighted by Gasteiger charge is 2.11. The largest absolute Gasteiger partial charge is 0.481 e. The van der Waals surface area contributed by atoms with Crippen LogP contribution in [0, 0.1) is 0 Å². The lowest BCUT2D eigenvalue weighted by molar-refractivity contribution is -0.137. The fourth-order valence-corrected chi connectivity index (χ4v) is 4.80. The topological polar surface area (TPSA) is 84.2 Å². The Balaban J connectivity index is 1.32. The van der Waals surface area contributed by atoms with Gasteiger partial charge in [-0.15, -0.1) is 0 Å². The van der Waals surface area contributed by atoms with Crippen molar-refractivity contribution in [1.82, 2.24) is 9.55 Å². The van der Waals surface area contributed by atoms with Gasteiger partial charge in [0.15, 0.2) is 0 Å². The summed E-state index contributed by atoms with van der Waals surface area (Å²) < 4.78 is 1.64. The molecule has 2 N–H and O–H groups in total. The van der Waals surface area contributed by atoms with Crippen LogP contribution in [0.4, 0.5) is 11.6 Å². The van der Waals surface area contributed by atoms with Crippen LogP contribution in [0.1, 0.15) is 95.6 Å². The second-order valence-corrected chi connectivity index (χ2v) is 10.4. The molecule has 1 aromatic heterocycles. The highest BCUT2D eigenvalue weighted by atomic mass is 16.4. The van der Waals surface area contributed by atoms with E-state index in [1.165, 1.54) is 38.5 Å². The van der Waals surface area contributed by atoms with Gasteiger partial charge in [0, 0.05) is 23.9 Å². The van der Waals surface area contributed by atoms with Crippen molar-refractivity contribution < 1.29 is 9.90 Å². The molecule has 1 heterocycles. The number of hydrogen-bond donors (Lipinski definition) is 2. The number of rotatable bonds is 20. The molecule has 0 saturated carbocycles. The van der Waals surface area contributed by atoms with Gasteiger partial charge in [-0.3, -0.25) is 9.59 Å². The zero-order valence-electron chi connectivity index (χ0n) is 23.8. The number of nitrogens with zero attached hydrogens (tertiary/aromatic N) is 2. The van der Waals surface area contributed by atoms with Crippen LogP contribution in [0.3, 0.4) is 0 Å². The number of carboxylic acids is 1.